The summed E-state index contributed by atoms with van der Waals surface area (Å²) < 4.78 is 0. The number of hydrogen-bond acceptors (Lipinski definition) is 3. The maximum absolute atomic E-state index is 6.66. The number of anilines is 3. The first kappa shape index (κ1) is 29.5. The van der Waals surface area contributed by atoms with Crippen LogP contribution >= 0.6 is 17.8 Å². The molecular formula is C42H36NPS2. The molecule has 0 N–H and O–H groups in total. The van der Waals surface area contributed by atoms with Crippen LogP contribution in [0.1, 0.15) is 43.2 Å². The normalized spacial score (nSPS) is 15.5. The minimum absolute atomic E-state index is 0.00489. The van der Waals surface area contributed by atoms with Gasteiger partial charge in [0.25, 0.3) is 0 Å². The Bertz CT molecular complexity index is 1930. The van der Waals surface area contributed by atoms with Crippen LogP contribution in [0.5, 0.6) is 0 Å². The van der Waals surface area contributed by atoms with E-state index in [0.717, 1.165) is 0 Å². The molecule has 0 aromatic heterocycles. The van der Waals surface area contributed by atoms with Crippen molar-refractivity contribution in [1.82, 2.24) is 0 Å². The van der Waals surface area contributed by atoms with E-state index in [1.165, 1.54) is 86.0 Å². The average molecular weight is 650 g/mol. The lowest BCUT2D eigenvalue weighted by Crippen LogP contribution is -2.31. The molecule has 1 nitrogen and oxygen atoms in total. The molecule has 0 bridgehead atoms. The van der Waals surface area contributed by atoms with E-state index in [1.807, 2.05) is 11.8 Å². The summed E-state index contributed by atoms with van der Waals surface area (Å²) in [5.74, 6) is 0. The molecule has 8 rings (SSSR count). The Kier molecular flexibility index (Phi) is 7.94. The molecule has 6 aromatic carbocycles. The molecule has 1 aliphatic carbocycles. The van der Waals surface area contributed by atoms with Gasteiger partial charge in [-0.05, 0) is 76.3 Å². The smallest absolute Gasteiger partial charge is 0.0601 e. The summed E-state index contributed by atoms with van der Waals surface area (Å²) in [4.78, 5) is 5.01. The molecule has 1 fully saturated rings. The molecule has 0 atom stereocenters. The molecule has 1 aliphatic heterocycles. The number of hydrogen-bond donors (Lipinski definition) is 0. The fraction of sp³-hybridized carbons (Fsp3) is 0.143. The first-order valence-electron chi connectivity index (χ1n) is 16.3. The van der Waals surface area contributed by atoms with Gasteiger partial charge in [-0.3, -0.25) is 0 Å². The lowest BCUT2D eigenvalue weighted by Gasteiger charge is -2.39. The Hall–Kier alpha value is -3.88. The molecule has 226 valence electrons. The van der Waals surface area contributed by atoms with Gasteiger partial charge in [-0.25, -0.2) is 0 Å². The fourth-order valence-corrected chi connectivity index (χ4v) is 12.3. The highest BCUT2D eigenvalue weighted by molar-refractivity contribution is 8.25. The van der Waals surface area contributed by atoms with Crippen LogP contribution in [-0.2, 0) is 17.2 Å². The molecular weight excluding hydrogens is 614 g/mol. The highest BCUT2D eigenvalue weighted by atomic mass is 32.4. The quantitative estimate of drug-likeness (QED) is 0.165. The first-order chi connectivity index (χ1) is 22.7. The molecule has 6 aromatic rings. The highest BCUT2D eigenvalue weighted by Gasteiger charge is 2.36. The van der Waals surface area contributed by atoms with Crippen LogP contribution < -0.4 is 20.8 Å². The predicted molar refractivity (Wildman–Crippen MR) is 202 cm³/mol. The zero-order valence-corrected chi connectivity index (χ0v) is 28.3. The summed E-state index contributed by atoms with van der Waals surface area (Å²) in [7, 11) is 0. The van der Waals surface area contributed by atoms with Gasteiger partial charge in [0.05, 0.1) is 11.4 Å². The topological polar surface area (TPSA) is 3.24 Å². The van der Waals surface area contributed by atoms with Gasteiger partial charge < -0.3 is 4.90 Å². The van der Waals surface area contributed by atoms with Crippen LogP contribution in [-0.4, -0.2) is 0 Å². The highest BCUT2D eigenvalue weighted by Crippen LogP contribution is 2.52. The average Bonchev–Trinajstić information content (AvgIpc) is 3.14. The standard InChI is InChI=1S/C42H36NPS2/c45-44(35-14-4-1-5-15-35,36-16-6-2-7-17-36)37-28-24-33(25-29-37)42(30-12-3-13-31-42)32-22-26-34(27-23-32)43-38-18-8-10-20-40(38)46-41-21-11-9-19-39(41)43/h1-2,4-11,14-29H,3,12-13,30-31H2. The van der Waals surface area contributed by atoms with Crippen molar-refractivity contribution in [1.29, 1.82) is 0 Å². The zero-order valence-electron chi connectivity index (χ0n) is 25.8. The second kappa shape index (κ2) is 12.4. The van der Waals surface area contributed by atoms with Crippen molar-refractivity contribution in [2.75, 3.05) is 4.90 Å². The maximum atomic E-state index is 6.66. The number of benzene rings is 6. The molecule has 1 saturated carbocycles. The van der Waals surface area contributed by atoms with Crippen molar-refractivity contribution < 1.29 is 0 Å². The van der Waals surface area contributed by atoms with E-state index in [4.69, 9.17) is 11.8 Å². The molecule has 0 unspecified atom stereocenters. The van der Waals surface area contributed by atoms with E-state index >= 15 is 0 Å². The van der Waals surface area contributed by atoms with E-state index < -0.39 is 6.04 Å². The molecule has 0 radical (unpaired) electrons. The van der Waals surface area contributed by atoms with Crippen LogP contribution in [0.15, 0.2) is 168 Å². The minimum Gasteiger partial charge on any atom is -0.308 e. The summed E-state index contributed by atoms with van der Waals surface area (Å²) >= 11 is 8.52. The maximum Gasteiger partial charge on any atom is 0.0601 e. The molecule has 1 heterocycles. The van der Waals surface area contributed by atoms with Crippen LogP contribution in [0.25, 0.3) is 0 Å². The summed E-state index contributed by atoms with van der Waals surface area (Å²) in [5.41, 5.74) is 6.53. The van der Waals surface area contributed by atoms with Gasteiger partial charge in [0.2, 0.25) is 0 Å². The summed E-state index contributed by atoms with van der Waals surface area (Å²) in [6.07, 6.45) is 6.14. The molecule has 0 spiro atoms. The van der Waals surface area contributed by atoms with Crippen molar-refractivity contribution in [2.24, 2.45) is 0 Å². The molecule has 0 saturated heterocycles. The third kappa shape index (κ3) is 5.06. The Morgan fingerprint density at radius 1 is 0.478 bits per heavy atom. The lowest BCUT2D eigenvalue weighted by molar-refractivity contribution is 0.346. The van der Waals surface area contributed by atoms with Gasteiger partial charge in [-0.1, -0.05) is 164 Å². The predicted octanol–water partition coefficient (Wildman–Crippen LogP) is 10.6. The Labute approximate surface area is 282 Å². The van der Waals surface area contributed by atoms with Crippen molar-refractivity contribution >= 4 is 62.6 Å². The second-order valence-electron chi connectivity index (χ2n) is 12.4. The zero-order chi connectivity index (χ0) is 31.0. The van der Waals surface area contributed by atoms with E-state index in [1.54, 1.807) is 0 Å². The van der Waals surface area contributed by atoms with E-state index in [0.29, 0.717) is 0 Å². The van der Waals surface area contributed by atoms with Crippen LogP contribution in [0.2, 0.25) is 0 Å². The number of fused-ring (bicyclic) bond motifs is 2. The van der Waals surface area contributed by atoms with Crippen LogP contribution in [0.4, 0.5) is 17.1 Å². The SMILES string of the molecule is S=P(c1ccccc1)(c1ccccc1)c1ccc(C2(c3ccc(N4c5ccccc5Sc5ccccc54)cc3)CCCCC2)cc1. The van der Waals surface area contributed by atoms with E-state index in [2.05, 4.69) is 163 Å². The number of rotatable bonds is 6. The second-order valence-corrected chi connectivity index (χ2v) is 17.9. The van der Waals surface area contributed by atoms with Gasteiger partial charge in [-0.2, -0.15) is 0 Å². The van der Waals surface area contributed by atoms with Gasteiger partial charge in [0.1, 0.15) is 0 Å². The van der Waals surface area contributed by atoms with Gasteiger partial charge in [0, 0.05) is 26.9 Å². The van der Waals surface area contributed by atoms with Gasteiger partial charge in [0.15, 0.2) is 0 Å². The third-order valence-electron chi connectivity index (χ3n) is 9.84. The largest absolute Gasteiger partial charge is 0.308 e. The van der Waals surface area contributed by atoms with Crippen molar-refractivity contribution in [3.05, 3.63) is 169 Å². The third-order valence-corrected chi connectivity index (χ3v) is 15.9. The van der Waals surface area contributed by atoms with E-state index in [-0.39, 0.29) is 5.41 Å². The Morgan fingerprint density at radius 3 is 1.43 bits per heavy atom. The number of nitrogens with zero attached hydrogens (tertiary/aromatic N) is 1. The van der Waals surface area contributed by atoms with Gasteiger partial charge >= 0.3 is 0 Å². The Morgan fingerprint density at radius 2 is 0.913 bits per heavy atom. The van der Waals surface area contributed by atoms with Crippen molar-refractivity contribution in [3.8, 4) is 0 Å². The molecule has 4 heteroatoms. The monoisotopic (exact) mass is 649 g/mol. The van der Waals surface area contributed by atoms with Crippen LogP contribution in [0.3, 0.4) is 0 Å². The Balaban J connectivity index is 1.18. The van der Waals surface area contributed by atoms with Crippen molar-refractivity contribution in [2.45, 2.75) is 47.3 Å². The molecule has 46 heavy (non-hydrogen) atoms. The number of para-hydroxylation sites is 2. The summed E-state index contributed by atoms with van der Waals surface area (Å²) in [5, 5.41) is 3.74. The van der Waals surface area contributed by atoms with E-state index in [9.17, 15) is 0 Å². The fourth-order valence-electron chi connectivity index (χ4n) is 7.53. The van der Waals surface area contributed by atoms with Crippen LogP contribution in [0, 0.1) is 0 Å². The molecule has 0 amide bonds. The first-order valence-corrected chi connectivity index (χ1v) is 19.9. The molecule has 2 aliphatic rings. The lowest BCUT2D eigenvalue weighted by atomic mass is 9.65. The van der Waals surface area contributed by atoms with Crippen molar-refractivity contribution in [3.63, 3.8) is 0 Å². The van der Waals surface area contributed by atoms with Gasteiger partial charge in [-0.15, -0.1) is 0 Å². The summed E-state index contributed by atoms with van der Waals surface area (Å²) in [6, 6.07) is 55.8. The minimum atomic E-state index is -2.18. The summed E-state index contributed by atoms with van der Waals surface area (Å²) in [6.45, 7) is 0.